The van der Waals surface area contributed by atoms with Gasteiger partial charge in [0, 0.05) is 31.1 Å². The maximum Gasteiger partial charge on any atom is 0.237 e. The van der Waals surface area contributed by atoms with Gasteiger partial charge in [-0.1, -0.05) is 0 Å². The number of hydrogen-bond acceptors (Lipinski definition) is 10. The molecule has 0 fully saturated rings. The molecular weight excluding hydrogens is 454 g/mol. The fourth-order valence-electron chi connectivity index (χ4n) is 4.30. The molecule has 10 nitrogen and oxygen atoms in total. The van der Waals surface area contributed by atoms with E-state index in [-0.39, 0.29) is 5.75 Å². The zero-order valence-electron chi connectivity index (χ0n) is 19.4. The van der Waals surface area contributed by atoms with Gasteiger partial charge in [0.15, 0.2) is 9.84 Å². The van der Waals surface area contributed by atoms with Crippen LogP contribution in [0.4, 0.5) is 23.0 Å². The van der Waals surface area contributed by atoms with E-state index in [2.05, 4.69) is 37.4 Å². The van der Waals surface area contributed by atoms with Crippen LogP contribution in [-0.2, 0) is 28.6 Å². The summed E-state index contributed by atoms with van der Waals surface area (Å²) in [6.07, 6.45) is 7.40. The number of anilines is 4. The second kappa shape index (κ2) is 8.71. The summed E-state index contributed by atoms with van der Waals surface area (Å²) in [5.74, 6) is 1.06. The third-order valence-electron chi connectivity index (χ3n) is 6.05. The average molecular weight is 482 g/mol. The van der Waals surface area contributed by atoms with Crippen LogP contribution in [0.15, 0.2) is 24.7 Å². The van der Waals surface area contributed by atoms with Crippen molar-refractivity contribution in [2.45, 2.75) is 32.6 Å². The standard InChI is InChI=1S/C23H27N7O3S/c1-14-8-17(10-25-19(14)13-34(3,31)32)28-23-27-9-16-4-6-30(12-18(16)29-23)20-11-26-22-21(15(20)2)24-5-7-33-22/h8-11,24H,4-7,12-13H2,1-3H3,(H,27,28,29). The lowest BCUT2D eigenvalue weighted by Gasteiger charge is -2.32. The van der Waals surface area contributed by atoms with Gasteiger partial charge in [-0.2, -0.15) is 0 Å². The van der Waals surface area contributed by atoms with E-state index in [0.29, 0.717) is 36.4 Å². The normalized spacial score (nSPS) is 15.1. The SMILES string of the molecule is Cc1cc(Nc2ncc3c(n2)CN(c2cnc4c(c2C)NCCO4)CC3)cnc1CS(C)(=O)=O. The van der Waals surface area contributed by atoms with Gasteiger partial charge in [0.1, 0.15) is 12.3 Å². The highest BCUT2D eigenvalue weighted by atomic mass is 32.2. The number of rotatable bonds is 5. The van der Waals surface area contributed by atoms with Gasteiger partial charge in [0.2, 0.25) is 11.8 Å². The van der Waals surface area contributed by atoms with Crippen LogP contribution < -0.4 is 20.3 Å². The van der Waals surface area contributed by atoms with Crippen molar-refractivity contribution in [1.82, 2.24) is 19.9 Å². The maximum absolute atomic E-state index is 11.6. The molecule has 0 unspecified atom stereocenters. The van der Waals surface area contributed by atoms with Crippen molar-refractivity contribution in [3.05, 3.63) is 52.7 Å². The topological polar surface area (TPSA) is 122 Å². The molecule has 34 heavy (non-hydrogen) atoms. The Morgan fingerprint density at radius 3 is 2.82 bits per heavy atom. The van der Waals surface area contributed by atoms with E-state index in [0.717, 1.165) is 53.3 Å². The highest BCUT2D eigenvalue weighted by molar-refractivity contribution is 7.89. The van der Waals surface area contributed by atoms with Crippen molar-refractivity contribution in [3.63, 3.8) is 0 Å². The smallest absolute Gasteiger partial charge is 0.237 e. The van der Waals surface area contributed by atoms with Crippen LogP contribution >= 0.6 is 0 Å². The second-order valence-electron chi connectivity index (χ2n) is 8.74. The van der Waals surface area contributed by atoms with Crippen molar-refractivity contribution in [2.24, 2.45) is 0 Å². The van der Waals surface area contributed by atoms with Gasteiger partial charge in [-0.15, -0.1) is 0 Å². The molecule has 5 heterocycles. The van der Waals surface area contributed by atoms with Crippen molar-refractivity contribution >= 4 is 32.8 Å². The van der Waals surface area contributed by atoms with Crippen LogP contribution in [0.5, 0.6) is 5.88 Å². The lowest BCUT2D eigenvalue weighted by molar-refractivity contribution is 0.310. The molecule has 0 amide bonds. The van der Waals surface area contributed by atoms with Gasteiger partial charge in [-0.25, -0.2) is 23.4 Å². The first kappa shape index (κ1) is 22.3. The van der Waals surface area contributed by atoms with Crippen molar-refractivity contribution < 1.29 is 13.2 Å². The van der Waals surface area contributed by atoms with E-state index in [9.17, 15) is 8.42 Å². The number of ether oxygens (including phenoxy) is 1. The van der Waals surface area contributed by atoms with E-state index in [1.807, 2.05) is 25.4 Å². The molecule has 11 heteroatoms. The monoisotopic (exact) mass is 481 g/mol. The Balaban J connectivity index is 1.35. The predicted octanol–water partition coefficient (Wildman–Crippen LogP) is 2.54. The number of hydrogen-bond donors (Lipinski definition) is 2. The Morgan fingerprint density at radius 2 is 2.03 bits per heavy atom. The molecule has 0 aromatic carbocycles. The van der Waals surface area contributed by atoms with Gasteiger partial charge in [-0.05, 0) is 37.5 Å². The minimum absolute atomic E-state index is 0.0805. The van der Waals surface area contributed by atoms with E-state index < -0.39 is 9.84 Å². The summed E-state index contributed by atoms with van der Waals surface area (Å²) in [4.78, 5) is 20.3. The Labute approximate surface area is 198 Å². The molecule has 2 aliphatic rings. The summed E-state index contributed by atoms with van der Waals surface area (Å²) in [7, 11) is -3.15. The molecule has 0 aliphatic carbocycles. The maximum atomic E-state index is 11.6. The molecule has 0 spiro atoms. The van der Waals surface area contributed by atoms with Crippen LogP contribution in [-0.4, -0.2) is 54.3 Å². The van der Waals surface area contributed by atoms with Crippen LogP contribution in [0.1, 0.15) is 28.1 Å². The number of fused-ring (bicyclic) bond motifs is 2. The Hall–Kier alpha value is -3.47. The van der Waals surface area contributed by atoms with Crippen LogP contribution in [0, 0.1) is 13.8 Å². The quantitative estimate of drug-likeness (QED) is 0.562. The van der Waals surface area contributed by atoms with Gasteiger partial charge in [0.05, 0.1) is 47.5 Å². The zero-order valence-corrected chi connectivity index (χ0v) is 20.2. The highest BCUT2D eigenvalue weighted by Crippen LogP contribution is 2.36. The van der Waals surface area contributed by atoms with Gasteiger partial charge in [0.25, 0.3) is 0 Å². The third-order valence-corrected chi connectivity index (χ3v) is 6.85. The minimum Gasteiger partial charge on any atom is -0.474 e. The Morgan fingerprint density at radius 1 is 1.18 bits per heavy atom. The molecule has 0 atom stereocenters. The molecule has 2 aliphatic heterocycles. The van der Waals surface area contributed by atoms with Crippen LogP contribution in [0.3, 0.4) is 0 Å². The lowest BCUT2D eigenvalue weighted by atomic mass is 10.0. The molecule has 0 saturated heterocycles. The van der Waals surface area contributed by atoms with E-state index in [1.165, 1.54) is 6.26 Å². The molecule has 0 saturated carbocycles. The predicted molar refractivity (Wildman–Crippen MR) is 131 cm³/mol. The Kier molecular flexibility index (Phi) is 5.72. The zero-order chi connectivity index (χ0) is 23.9. The van der Waals surface area contributed by atoms with Crippen molar-refractivity contribution in [2.75, 3.05) is 41.5 Å². The van der Waals surface area contributed by atoms with E-state index in [1.54, 1.807) is 6.20 Å². The largest absolute Gasteiger partial charge is 0.474 e. The first-order valence-corrected chi connectivity index (χ1v) is 13.2. The van der Waals surface area contributed by atoms with Crippen molar-refractivity contribution in [3.8, 4) is 5.88 Å². The Bertz CT molecular complexity index is 1360. The number of nitrogens with one attached hydrogen (secondary N) is 2. The number of pyridine rings is 2. The molecule has 0 bridgehead atoms. The number of aromatic nitrogens is 4. The number of sulfone groups is 1. The summed E-state index contributed by atoms with van der Waals surface area (Å²) in [6.45, 7) is 6.84. The van der Waals surface area contributed by atoms with Gasteiger partial charge >= 0.3 is 0 Å². The fraction of sp³-hybridized carbons (Fsp3) is 0.391. The third kappa shape index (κ3) is 4.60. The van der Waals surface area contributed by atoms with E-state index >= 15 is 0 Å². The molecule has 2 N–H and O–H groups in total. The second-order valence-corrected chi connectivity index (χ2v) is 10.9. The van der Waals surface area contributed by atoms with Crippen LogP contribution in [0.2, 0.25) is 0 Å². The first-order chi connectivity index (χ1) is 16.3. The number of aryl methyl sites for hydroxylation is 1. The summed E-state index contributed by atoms with van der Waals surface area (Å²) >= 11 is 0. The van der Waals surface area contributed by atoms with E-state index in [4.69, 9.17) is 9.72 Å². The average Bonchev–Trinajstić information content (AvgIpc) is 2.80. The summed E-state index contributed by atoms with van der Waals surface area (Å²) in [5, 5.41) is 6.60. The first-order valence-electron chi connectivity index (χ1n) is 11.1. The molecule has 3 aromatic rings. The van der Waals surface area contributed by atoms with Gasteiger partial charge < -0.3 is 20.3 Å². The fourth-order valence-corrected chi connectivity index (χ4v) is 5.10. The lowest BCUT2D eigenvalue weighted by Crippen LogP contribution is -2.32. The molecular formula is C23H27N7O3S. The van der Waals surface area contributed by atoms with Crippen molar-refractivity contribution in [1.29, 1.82) is 0 Å². The van der Waals surface area contributed by atoms with Crippen LogP contribution in [0.25, 0.3) is 0 Å². The highest BCUT2D eigenvalue weighted by Gasteiger charge is 2.24. The molecule has 3 aromatic heterocycles. The summed E-state index contributed by atoms with van der Waals surface area (Å²) in [6, 6.07) is 1.86. The summed E-state index contributed by atoms with van der Waals surface area (Å²) < 4.78 is 28.8. The molecule has 5 rings (SSSR count). The molecule has 0 radical (unpaired) electrons. The number of nitrogens with zero attached hydrogens (tertiary/aromatic N) is 5. The molecule has 178 valence electrons. The summed E-state index contributed by atoms with van der Waals surface area (Å²) in [5.41, 5.74) is 7.29. The minimum atomic E-state index is -3.15. The van der Waals surface area contributed by atoms with Gasteiger partial charge in [-0.3, -0.25) is 4.98 Å².